The van der Waals surface area contributed by atoms with Gasteiger partial charge in [-0.15, -0.1) is 0 Å². The zero-order valence-corrected chi connectivity index (χ0v) is 13.0. The Morgan fingerprint density at radius 3 is 2.32 bits per heavy atom. The Kier molecular flexibility index (Phi) is 7.36. The molecule has 0 aliphatic heterocycles. The zero-order chi connectivity index (χ0) is 14.1. The van der Waals surface area contributed by atoms with Gasteiger partial charge in [0.25, 0.3) is 0 Å². The van der Waals surface area contributed by atoms with Crippen molar-refractivity contribution in [3.8, 4) is 0 Å². The molecule has 0 radical (unpaired) electrons. The molecule has 0 unspecified atom stereocenters. The summed E-state index contributed by atoms with van der Waals surface area (Å²) >= 11 is 5.22. The van der Waals surface area contributed by atoms with Crippen LogP contribution in [-0.4, -0.2) is 16.4 Å². The summed E-state index contributed by atoms with van der Waals surface area (Å²) in [5, 5.41) is 3.14. The maximum Gasteiger partial charge on any atom is 0.220 e. The van der Waals surface area contributed by atoms with E-state index in [4.69, 9.17) is 18.0 Å². The molecule has 0 heterocycles. The van der Waals surface area contributed by atoms with E-state index in [-0.39, 0.29) is 5.91 Å². The van der Waals surface area contributed by atoms with Crippen LogP contribution in [0.25, 0.3) is 0 Å². The number of nitrogens with two attached hydrogens (primary N) is 1. The van der Waals surface area contributed by atoms with Gasteiger partial charge in [0, 0.05) is 6.42 Å². The maximum atomic E-state index is 12.1. The molecule has 0 saturated heterocycles. The van der Waals surface area contributed by atoms with E-state index in [1.165, 1.54) is 25.7 Å². The molecule has 3 N–H and O–H groups in total. The molecule has 0 aromatic carbocycles. The molecule has 1 rings (SSSR count). The molecular formula is C15H28N2OS. The van der Waals surface area contributed by atoms with E-state index < -0.39 is 5.54 Å². The Hall–Kier alpha value is -0.640. The fraction of sp³-hybridized carbons (Fsp3) is 0.867. The Morgan fingerprint density at radius 1 is 1.16 bits per heavy atom. The lowest BCUT2D eigenvalue weighted by molar-refractivity contribution is -0.122. The molecule has 1 aliphatic rings. The van der Waals surface area contributed by atoms with Crippen molar-refractivity contribution in [2.75, 3.05) is 0 Å². The van der Waals surface area contributed by atoms with Crippen LogP contribution in [0.3, 0.4) is 0 Å². The van der Waals surface area contributed by atoms with Gasteiger partial charge >= 0.3 is 0 Å². The molecule has 1 aliphatic carbocycles. The third kappa shape index (κ3) is 5.47. The fourth-order valence-corrected chi connectivity index (χ4v) is 3.06. The van der Waals surface area contributed by atoms with Crippen molar-refractivity contribution < 1.29 is 4.79 Å². The first-order valence-corrected chi connectivity index (χ1v) is 8.12. The van der Waals surface area contributed by atoms with Crippen molar-refractivity contribution in [2.45, 2.75) is 83.1 Å². The van der Waals surface area contributed by atoms with Crippen LogP contribution in [0.15, 0.2) is 0 Å². The third-order valence-electron chi connectivity index (χ3n) is 4.06. The standard InChI is InChI=1S/C15H28N2OS/c1-2-3-4-7-10-13(18)17-15(14(16)19)11-8-5-6-9-12-15/h2-12H2,1H3,(H2,16,19)(H,17,18). The van der Waals surface area contributed by atoms with Gasteiger partial charge in [-0.1, -0.05) is 64.1 Å². The highest BCUT2D eigenvalue weighted by molar-refractivity contribution is 7.80. The van der Waals surface area contributed by atoms with Gasteiger partial charge in [0.2, 0.25) is 5.91 Å². The van der Waals surface area contributed by atoms with Gasteiger partial charge in [-0.3, -0.25) is 4.79 Å². The minimum atomic E-state index is -0.409. The van der Waals surface area contributed by atoms with E-state index in [0.29, 0.717) is 11.4 Å². The molecule has 0 atom stereocenters. The van der Waals surface area contributed by atoms with Crippen molar-refractivity contribution in [1.82, 2.24) is 5.32 Å². The minimum Gasteiger partial charge on any atom is -0.391 e. The first kappa shape index (κ1) is 16.4. The van der Waals surface area contributed by atoms with Crippen molar-refractivity contribution in [1.29, 1.82) is 0 Å². The summed E-state index contributed by atoms with van der Waals surface area (Å²) in [6, 6.07) is 0. The average molecular weight is 284 g/mol. The Balaban J connectivity index is 2.48. The topological polar surface area (TPSA) is 55.1 Å². The second-order valence-corrected chi connectivity index (χ2v) is 6.16. The fourth-order valence-electron chi connectivity index (χ4n) is 2.81. The van der Waals surface area contributed by atoms with E-state index in [9.17, 15) is 4.79 Å². The highest BCUT2D eigenvalue weighted by Gasteiger charge is 2.35. The highest BCUT2D eigenvalue weighted by Crippen LogP contribution is 2.27. The number of hydrogen-bond donors (Lipinski definition) is 2. The van der Waals surface area contributed by atoms with Gasteiger partial charge in [-0.2, -0.15) is 0 Å². The molecule has 0 aromatic heterocycles. The number of hydrogen-bond acceptors (Lipinski definition) is 2. The molecule has 19 heavy (non-hydrogen) atoms. The molecule has 1 saturated carbocycles. The number of unbranched alkanes of at least 4 members (excludes halogenated alkanes) is 3. The summed E-state index contributed by atoms with van der Waals surface area (Å²) in [6.45, 7) is 2.17. The molecule has 0 aromatic rings. The van der Waals surface area contributed by atoms with Gasteiger partial charge < -0.3 is 11.1 Å². The van der Waals surface area contributed by atoms with Crippen molar-refractivity contribution in [2.24, 2.45) is 5.73 Å². The number of rotatable bonds is 7. The summed E-state index contributed by atoms with van der Waals surface area (Å²) in [4.78, 5) is 12.5. The van der Waals surface area contributed by atoms with Crippen LogP contribution in [0.4, 0.5) is 0 Å². The second-order valence-electron chi connectivity index (χ2n) is 5.72. The zero-order valence-electron chi connectivity index (χ0n) is 12.2. The number of carbonyl (C=O) groups is 1. The van der Waals surface area contributed by atoms with Crippen molar-refractivity contribution in [3.63, 3.8) is 0 Å². The molecule has 3 nitrogen and oxygen atoms in total. The molecule has 1 amide bonds. The monoisotopic (exact) mass is 284 g/mol. The van der Waals surface area contributed by atoms with Gasteiger partial charge in [-0.05, 0) is 19.3 Å². The average Bonchev–Trinajstić information content (AvgIpc) is 2.61. The van der Waals surface area contributed by atoms with Crippen molar-refractivity contribution >= 4 is 23.1 Å². The largest absolute Gasteiger partial charge is 0.391 e. The summed E-state index contributed by atoms with van der Waals surface area (Å²) in [6.07, 6.45) is 11.5. The Labute approximate surface area is 122 Å². The quantitative estimate of drug-likeness (QED) is 0.428. The summed E-state index contributed by atoms with van der Waals surface area (Å²) in [5.74, 6) is 0.116. The van der Waals surface area contributed by atoms with Crippen LogP contribution in [0.5, 0.6) is 0 Å². The van der Waals surface area contributed by atoms with Gasteiger partial charge in [-0.25, -0.2) is 0 Å². The van der Waals surface area contributed by atoms with Gasteiger partial charge in [0.05, 0.1) is 10.5 Å². The van der Waals surface area contributed by atoms with Crippen molar-refractivity contribution in [3.05, 3.63) is 0 Å². The summed E-state index contributed by atoms with van der Waals surface area (Å²) in [7, 11) is 0. The number of thiocarbonyl (C=S) groups is 1. The first-order valence-electron chi connectivity index (χ1n) is 7.71. The Bertz CT molecular complexity index is 297. The molecule has 1 fully saturated rings. The van der Waals surface area contributed by atoms with Gasteiger partial charge in [0.1, 0.15) is 0 Å². The lowest BCUT2D eigenvalue weighted by Gasteiger charge is -2.33. The highest BCUT2D eigenvalue weighted by atomic mass is 32.1. The first-order chi connectivity index (χ1) is 9.10. The lowest BCUT2D eigenvalue weighted by Crippen LogP contribution is -2.56. The Morgan fingerprint density at radius 2 is 1.79 bits per heavy atom. The van der Waals surface area contributed by atoms with E-state index >= 15 is 0 Å². The number of amides is 1. The molecule has 4 heteroatoms. The number of carbonyl (C=O) groups excluding carboxylic acids is 1. The SMILES string of the molecule is CCCCCCC(=O)NC1(C(N)=S)CCCCCC1. The molecule has 0 spiro atoms. The summed E-state index contributed by atoms with van der Waals surface area (Å²) in [5.41, 5.74) is 5.50. The van der Waals surface area contributed by atoms with E-state index in [1.54, 1.807) is 0 Å². The lowest BCUT2D eigenvalue weighted by atomic mass is 9.89. The second kappa shape index (κ2) is 8.51. The van der Waals surface area contributed by atoms with Crippen LogP contribution in [0.2, 0.25) is 0 Å². The van der Waals surface area contributed by atoms with E-state index in [0.717, 1.165) is 38.5 Å². The summed E-state index contributed by atoms with van der Waals surface area (Å²) < 4.78 is 0. The molecular weight excluding hydrogens is 256 g/mol. The van der Waals surface area contributed by atoms with Crippen LogP contribution in [-0.2, 0) is 4.79 Å². The molecule has 110 valence electrons. The van der Waals surface area contributed by atoms with Crippen LogP contribution >= 0.6 is 12.2 Å². The van der Waals surface area contributed by atoms with Crippen LogP contribution < -0.4 is 11.1 Å². The van der Waals surface area contributed by atoms with E-state index in [2.05, 4.69) is 12.2 Å². The minimum absolute atomic E-state index is 0.116. The predicted molar refractivity (Wildman–Crippen MR) is 84.1 cm³/mol. The van der Waals surface area contributed by atoms with Crippen LogP contribution in [0, 0.1) is 0 Å². The van der Waals surface area contributed by atoms with Crippen LogP contribution in [0.1, 0.15) is 77.6 Å². The predicted octanol–water partition coefficient (Wildman–Crippen LogP) is 3.45. The smallest absolute Gasteiger partial charge is 0.220 e. The van der Waals surface area contributed by atoms with Gasteiger partial charge in [0.15, 0.2) is 0 Å². The molecule has 0 bridgehead atoms. The maximum absolute atomic E-state index is 12.1. The van der Waals surface area contributed by atoms with E-state index in [1.807, 2.05) is 0 Å². The normalized spacial score (nSPS) is 18.6. The number of nitrogens with one attached hydrogen (secondary N) is 1. The third-order valence-corrected chi connectivity index (χ3v) is 4.46.